The SMILES string of the molecule is CC(=O)C(C)N1CCN(P)CC1. The molecule has 0 radical (unpaired) electrons. The Kier molecular flexibility index (Phi) is 3.63. The first-order valence-electron chi connectivity index (χ1n) is 4.35. The molecule has 0 aliphatic carbocycles. The van der Waals surface area contributed by atoms with Gasteiger partial charge in [0.15, 0.2) is 0 Å². The Morgan fingerprint density at radius 2 is 1.83 bits per heavy atom. The lowest BCUT2D eigenvalue weighted by Gasteiger charge is -2.35. The van der Waals surface area contributed by atoms with Crippen LogP contribution < -0.4 is 0 Å². The molecule has 70 valence electrons. The van der Waals surface area contributed by atoms with Gasteiger partial charge in [-0.3, -0.25) is 14.4 Å². The highest BCUT2D eigenvalue weighted by atomic mass is 31.0. The summed E-state index contributed by atoms with van der Waals surface area (Å²) in [5.74, 6) is 0.271. The van der Waals surface area contributed by atoms with Gasteiger partial charge < -0.3 is 0 Å². The van der Waals surface area contributed by atoms with E-state index in [2.05, 4.69) is 19.0 Å². The number of nitrogens with zero attached hydrogens (tertiary/aromatic N) is 2. The van der Waals surface area contributed by atoms with E-state index in [9.17, 15) is 4.79 Å². The van der Waals surface area contributed by atoms with Gasteiger partial charge >= 0.3 is 0 Å². The molecule has 1 aliphatic rings. The Balaban J connectivity index is 2.39. The molecule has 1 fully saturated rings. The highest BCUT2D eigenvalue weighted by Gasteiger charge is 2.21. The summed E-state index contributed by atoms with van der Waals surface area (Å²) in [5, 5.41) is 0. The molecule has 0 aromatic rings. The van der Waals surface area contributed by atoms with E-state index in [1.54, 1.807) is 6.92 Å². The highest BCUT2D eigenvalue weighted by Crippen LogP contribution is 2.09. The van der Waals surface area contributed by atoms with Crippen molar-refractivity contribution in [2.45, 2.75) is 19.9 Å². The Morgan fingerprint density at radius 1 is 1.33 bits per heavy atom. The summed E-state index contributed by atoms with van der Waals surface area (Å²) in [7, 11) is 2.70. The van der Waals surface area contributed by atoms with Crippen LogP contribution in [-0.4, -0.2) is 47.6 Å². The molecule has 3 nitrogen and oxygen atoms in total. The molecule has 0 aromatic carbocycles. The lowest BCUT2D eigenvalue weighted by Crippen LogP contribution is -2.48. The minimum atomic E-state index is 0.101. The molecule has 1 saturated heterocycles. The number of hydrogen-bond acceptors (Lipinski definition) is 3. The number of piperazine rings is 1. The number of hydrogen-bond donors (Lipinski definition) is 0. The number of carbonyl (C=O) groups excluding carboxylic acids is 1. The van der Waals surface area contributed by atoms with Crippen LogP contribution in [0.2, 0.25) is 0 Å². The normalized spacial score (nSPS) is 23.9. The molecular formula is C8H17N2OP. The topological polar surface area (TPSA) is 23.6 Å². The van der Waals surface area contributed by atoms with Gasteiger partial charge in [0.2, 0.25) is 0 Å². The predicted octanol–water partition coefficient (Wildman–Crippen LogP) is 0.372. The van der Waals surface area contributed by atoms with E-state index in [-0.39, 0.29) is 11.8 Å². The average Bonchev–Trinajstić information content (AvgIpc) is 2.04. The van der Waals surface area contributed by atoms with E-state index in [1.165, 1.54) is 0 Å². The van der Waals surface area contributed by atoms with Crippen molar-refractivity contribution in [3.8, 4) is 0 Å². The minimum absolute atomic E-state index is 0.101. The molecule has 1 heterocycles. The molecule has 12 heavy (non-hydrogen) atoms. The third kappa shape index (κ3) is 2.51. The second kappa shape index (κ2) is 4.31. The van der Waals surface area contributed by atoms with E-state index in [4.69, 9.17) is 0 Å². The van der Waals surface area contributed by atoms with Crippen molar-refractivity contribution in [2.75, 3.05) is 26.2 Å². The van der Waals surface area contributed by atoms with Crippen LogP contribution in [0.15, 0.2) is 0 Å². The van der Waals surface area contributed by atoms with Crippen LogP contribution in [0.1, 0.15) is 13.8 Å². The molecule has 0 spiro atoms. The van der Waals surface area contributed by atoms with E-state index in [1.807, 2.05) is 6.92 Å². The summed E-state index contributed by atoms with van der Waals surface area (Å²) in [4.78, 5) is 13.3. The monoisotopic (exact) mass is 188 g/mol. The first-order chi connectivity index (χ1) is 5.61. The van der Waals surface area contributed by atoms with Gasteiger partial charge in [0.25, 0.3) is 0 Å². The van der Waals surface area contributed by atoms with Crippen LogP contribution in [0.5, 0.6) is 0 Å². The molecule has 2 unspecified atom stereocenters. The van der Waals surface area contributed by atoms with Crippen molar-refractivity contribution >= 4 is 15.2 Å². The van der Waals surface area contributed by atoms with Crippen molar-refractivity contribution in [2.24, 2.45) is 0 Å². The van der Waals surface area contributed by atoms with Crippen molar-refractivity contribution in [1.29, 1.82) is 0 Å². The Hall–Kier alpha value is 0.0200. The van der Waals surface area contributed by atoms with Gasteiger partial charge in [0.1, 0.15) is 5.78 Å². The van der Waals surface area contributed by atoms with Gasteiger partial charge in [0, 0.05) is 26.2 Å². The maximum absolute atomic E-state index is 11.1. The standard InChI is InChI=1S/C8H17N2OP/c1-7(8(2)11)9-3-5-10(12)6-4-9/h7H,3-6,12H2,1-2H3. The van der Waals surface area contributed by atoms with Crippen molar-refractivity contribution in [3.63, 3.8) is 0 Å². The smallest absolute Gasteiger partial charge is 0.146 e. The Labute approximate surface area is 76.4 Å². The fraction of sp³-hybridized carbons (Fsp3) is 0.875. The predicted molar refractivity (Wildman–Crippen MR) is 53.0 cm³/mol. The van der Waals surface area contributed by atoms with E-state index in [0.29, 0.717) is 0 Å². The van der Waals surface area contributed by atoms with Crippen LogP contribution >= 0.6 is 9.39 Å². The lowest BCUT2D eigenvalue weighted by atomic mass is 10.2. The van der Waals surface area contributed by atoms with Crippen molar-refractivity contribution < 1.29 is 4.79 Å². The second-order valence-electron chi connectivity index (χ2n) is 3.36. The van der Waals surface area contributed by atoms with Crippen LogP contribution in [0, 0.1) is 0 Å². The zero-order valence-corrected chi connectivity index (χ0v) is 8.94. The van der Waals surface area contributed by atoms with E-state index in [0.717, 1.165) is 26.2 Å². The first-order valence-corrected chi connectivity index (χ1v) is 4.87. The van der Waals surface area contributed by atoms with Crippen LogP contribution in [0.25, 0.3) is 0 Å². The Bertz CT molecular complexity index is 166. The third-order valence-electron chi connectivity index (χ3n) is 2.48. The van der Waals surface area contributed by atoms with Crippen LogP contribution in [0.4, 0.5) is 0 Å². The molecule has 1 rings (SSSR count). The molecule has 0 N–H and O–H groups in total. The van der Waals surface area contributed by atoms with Crippen molar-refractivity contribution in [1.82, 2.24) is 9.57 Å². The highest BCUT2D eigenvalue weighted by molar-refractivity contribution is 7.13. The molecule has 2 atom stereocenters. The lowest BCUT2D eigenvalue weighted by molar-refractivity contribution is -0.122. The van der Waals surface area contributed by atoms with Gasteiger partial charge in [-0.2, -0.15) is 0 Å². The van der Waals surface area contributed by atoms with Gasteiger partial charge in [-0.25, -0.2) is 0 Å². The average molecular weight is 188 g/mol. The summed E-state index contributed by atoms with van der Waals surface area (Å²) in [5.41, 5.74) is 0. The molecule has 4 heteroatoms. The summed E-state index contributed by atoms with van der Waals surface area (Å²) in [6.45, 7) is 7.75. The van der Waals surface area contributed by atoms with Crippen molar-refractivity contribution in [3.05, 3.63) is 0 Å². The van der Waals surface area contributed by atoms with Crippen LogP contribution in [-0.2, 0) is 4.79 Å². The fourth-order valence-electron chi connectivity index (χ4n) is 1.38. The first kappa shape index (κ1) is 10.1. The van der Waals surface area contributed by atoms with E-state index >= 15 is 0 Å². The largest absolute Gasteiger partial charge is 0.298 e. The van der Waals surface area contributed by atoms with Gasteiger partial charge in [-0.1, -0.05) is 9.39 Å². The second-order valence-corrected chi connectivity index (χ2v) is 4.09. The zero-order valence-electron chi connectivity index (χ0n) is 7.79. The zero-order chi connectivity index (χ0) is 9.14. The van der Waals surface area contributed by atoms with Gasteiger partial charge in [-0.15, -0.1) is 0 Å². The maximum Gasteiger partial charge on any atom is 0.146 e. The molecule has 0 saturated carbocycles. The quantitative estimate of drug-likeness (QED) is 0.585. The number of rotatable bonds is 2. The number of ketones is 1. The minimum Gasteiger partial charge on any atom is -0.298 e. The summed E-state index contributed by atoms with van der Waals surface area (Å²) >= 11 is 0. The van der Waals surface area contributed by atoms with E-state index < -0.39 is 0 Å². The third-order valence-corrected chi connectivity index (χ3v) is 3.00. The van der Waals surface area contributed by atoms with Gasteiger partial charge in [0.05, 0.1) is 6.04 Å². The Morgan fingerprint density at radius 3 is 2.25 bits per heavy atom. The molecule has 1 aliphatic heterocycles. The molecular weight excluding hydrogens is 171 g/mol. The summed E-state index contributed by atoms with van der Waals surface area (Å²) < 4.78 is 2.21. The molecule has 0 amide bonds. The summed E-state index contributed by atoms with van der Waals surface area (Å²) in [6, 6.07) is 0.101. The fourth-order valence-corrected chi connectivity index (χ4v) is 1.61. The number of Topliss-reactive ketones (excluding diaryl/α,β-unsaturated/α-hetero) is 1. The molecule has 0 bridgehead atoms. The molecule has 0 aromatic heterocycles. The maximum atomic E-state index is 11.1. The summed E-state index contributed by atoms with van der Waals surface area (Å²) in [6.07, 6.45) is 0. The van der Waals surface area contributed by atoms with Gasteiger partial charge in [-0.05, 0) is 13.8 Å². The number of carbonyl (C=O) groups is 1. The van der Waals surface area contributed by atoms with Crippen LogP contribution in [0.3, 0.4) is 0 Å².